The number of imidazole rings is 1. The van der Waals surface area contributed by atoms with Gasteiger partial charge in [-0.15, -0.1) is 0 Å². The van der Waals surface area contributed by atoms with Crippen LogP contribution in [-0.2, 0) is 11.3 Å². The molecule has 0 saturated carbocycles. The molecule has 1 saturated heterocycles. The van der Waals surface area contributed by atoms with Gasteiger partial charge in [-0.3, -0.25) is 4.79 Å². The van der Waals surface area contributed by atoms with Crippen LogP contribution in [0.2, 0.25) is 0 Å². The molecule has 0 aliphatic carbocycles. The number of carbonyl (C=O) groups excluding carboxylic acids is 1. The number of hydrogen-bond acceptors (Lipinski definition) is 4. The number of benzene rings is 1. The summed E-state index contributed by atoms with van der Waals surface area (Å²) in [5, 5.41) is 10.9. The van der Waals surface area contributed by atoms with Crippen molar-refractivity contribution in [3.63, 3.8) is 0 Å². The lowest BCUT2D eigenvalue weighted by molar-refractivity contribution is -0.140. The molecule has 1 aliphatic rings. The minimum Gasteiger partial charge on any atom is -0.491 e. The maximum atomic E-state index is 12.6. The Hall–Kier alpha value is -2.34. The summed E-state index contributed by atoms with van der Waals surface area (Å²) in [4.78, 5) is 18.5. The SMILES string of the molecule is Cc1ccc(OCC2(O)CCCN(C(=O)Cn3ccnc3C)C2)cc1C. The summed E-state index contributed by atoms with van der Waals surface area (Å²) < 4.78 is 7.66. The van der Waals surface area contributed by atoms with E-state index in [4.69, 9.17) is 4.74 Å². The number of likely N-dealkylation sites (tertiary alicyclic amines) is 1. The molecule has 1 N–H and O–H groups in total. The van der Waals surface area contributed by atoms with Crippen LogP contribution >= 0.6 is 0 Å². The molecular weight excluding hydrogens is 330 g/mol. The van der Waals surface area contributed by atoms with Crippen LogP contribution in [-0.4, -0.2) is 50.8 Å². The Morgan fingerprint density at radius 1 is 1.31 bits per heavy atom. The fourth-order valence-corrected chi connectivity index (χ4v) is 3.28. The number of ether oxygens (including phenoxy) is 1. The monoisotopic (exact) mass is 357 g/mol. The van der Waals surface area contributed by atoms with E-state index in [0.29, 0.717) is 19.5 Å². The van der Waals surface area contributed by atoms with Gasteiger partial charge in [0.1, 0.15) is 30.3 Å². The zero-order valence-corrected chi connectivity index (χ0v) is 15.7. The van der Waals surface area contributed by atoms with Crippen LogP contribution in [0, 0.1) is 20.8 Å². The highest BCUT2D eigenvalue weighted by atomic mass is 16.5. The molecule has 1 amide bonds. The van der Waals surface area contributed by atoms with Crippen molar-refractivity contribution in [3.8, 4) is 5.75 Å². The topological polar surface area (TPSA) is 67.6 Å². The molecule has 26 heavy (non-hydrogen) atoms. The van der Waals surface area contributed by atoms with Gasteiger partial charge in [0.15, 0.2) is 0 Å². The predicted octanol–water partition coefficient (Wildman–Crippen LogP) is 2.24. The quantitative estimate of drug-likeness (QED) is 0.891. The number of aliphatic hydroxyl groups is 1. The molecule has 0 radical (unpaired) electrons. The highest BCUT2D eigenvalue weighted by Gasteiger charge is 2.36. The fraction of sp³-hybridized carbons (Fsp3) is 0.500. The largest absolute Gasteiger partial charge is 0.491 e. The van der Waals surface area contributed by atoms with E-state index in [9.17, 15) is 9.90 Å². The van der Waals surface area contributed by atoms with Crippen LogP contribution in [0.25, 0.3) is 0 Å². The molecule has 1 fully saturated rings. The average Bonchev–Trinajstić information content (AvgIpc) is 3.01. The zero-order chi connectivity index (χ0) is 18.7. The third-order valence-electron chi connectivity index (χ3n) is 5.12. The average molecular weight is 357 g/mol. The smallest absolute Gasteiger partial charge is 0.242 e. The number of carbonyl (C=O) groups is 1. The van der Waals surface area contributed by atoms with Crippen LogP contribution in [0.3, 0.4) is 0 Å². The third-order valence-corrected chi connectivity index (χ3v) is 5.12. The molecule has 2 heterocycles. The van der Waals surface area contributed by atoms with Crippen molar-refractivity contribution in [1.29, 1.82) is 0 Å². The van der Waals surface area contributed by atoms with Crippen molar-refractivity contribution in [2.75, 3.05) is 19.7 Å². The lowest BCUT2D eigenvalue weighted by Crippen LogP contribution is -2.53. The first-order valence-electron chi connectivity index (χ1n) is 9.04. The summed E-state index contributed by atoms with van der Waals surface area (Å²) in [6.45, 7) is 7.36. The second-order valence-corrected chi connectivity index (χ2v) is 7.28. The van der Waals surface area contributed by atoms with Crippen molar-refractivity contribution in [1.82, 2.24) is 14.5 Å². The third kappa shape index (κ3) is 4.25. The first-order chi connectivity index (χ1) is 12.4. The number of β-amino-alcohol motifs (C(OH)–C–C–N with tert-alkyl or cyclic N) is 1. The van der Waals surface area contributed by atoms with Gasteiger partial charge in [-0.05, 0) is 56.9 Å². The van der Waals surface area contributed by atoms with Gasteiger partial charge < -0.3 is 19.3 Å². The van der Waals surface area contributed by atoms with Gasteiger partial charge in [0.25, 0.3) is 0 Å². The summed E-state index contributed by atoms with van der Waals surface area (Å²) in [6, 6.07) is 5.91. The Labute approximate surface area is 154 Å². The molecule has 3 rings (SSSR count). The summed E-state index contributed by atoms with van der Waals surface area (Å²) in [5.74, 6) is 1.55. The standard InChI is InChI=1S/C20H27N3O3/c1-15-5-6-18(11-16(15)2)26-14-20(25)7-4-9-23(13-20)19(24)12-22-10-8-21-17(22)3/h5-6,8,10-11,25H,4,7,9,12-14H2,1-3H3. The van der Waals surface area contributed by atoms with Gasteiger partial charge in [-0.1, -0.05) is 6.07 Å². The van der Waals surface area contributed by atoms with Crippen molar-refractivity contribution in [3.05, 3.63) is 47.5 Å². The van der Waals surface area contributed by atoms with E-state index in [1.165, 1.54) is 5.56 Å². The highest BCUT2D eigenvalue weighted by molar-refractivity contribution is 5.76. The molecule has 1 aromatic heterocycles. The van der Waals surface area contributed by atoms with Crippen molar-refractivity contribution in [2.45, 2.75) is 45.8 Å². The second-order valence-electron chi connectivity index (χ2n) is 7.28. The molecule has 1 aliphatic heterocycles. The van der Waals surface area contributed by atoms with E-state index in [1.54, 1.807) is 17.3 Å². The van der Waals surface area contributed by atoms with Gasteiger partial charge in [0, 0.05) is 18.9 Å². The van der Waals surface area contributed by atoms with Crippen LogP contribution in [0.1, 0.15) is 29.8 Å². The molecule has 1 aromatic carbocycles. The molecule has 6 nitrogen and oxygen atoms in total. The maximum Gasteiger partial charge on any atom is 0.242 e. The summed E-state index contributed by atoms with van der Waals surface area (Å²) >= 11 is 0. The number of hydrogen-bond donors (Lipinski definition) is 1. The predicted molar refractivity (Wildman–Crippen MR) is 99.1 cm³/mol. The molecule has 0 spiro atoms. The minimum atomic E-state index is -1.02. The summed E-state index contributed by atoms with van der Waals surface area (Å²) in [7, 11) is 0. The Bertz CT molecular complexity index is 786. The van der Waals surface area contributed by atoms with Gasteiger partial charge in [-0.25, -0.2) is 4.98 Å². The Kier molecular flexibility index (Phi) is 5.32. The minimum absolute atomic E-state index is 0.00425. The van der Waals surface area contributed by atoms with Crippen LogP contribution in [0.15, 0.2) is 30.6 Å². The van der Waals surface area contributed by atoms with Crippen LogP contribution < -0.4 is 4.74 Å². The molecule has 140 valence electrons. The van der Waals surface area contributed by atoms with Crippen LogP contribution in [0.5, 0.6) is 5.75 Å². The summed E-state index contributed by atoms with van der Waals surface area (Å²) in [5.41, 5.74) is 1.35. The van der Waals surface area contributed by atoms with Gasteiger partial charge in [-0.2, -0.15) is 0 Å². The Morgan fingerprint density at radius 3 is 2.81 bits per heavy atom. The van der Waals surface area contributed by atoms with E-state index in [1.807, 2.05) is 36.6 Å². The lowest BCUT2D eigenvalue weighted by Gasteiger charge is -2.39. The molecule has 6 heteroatoms. The number of aryl methyl sites for hydroxylation is 3. The van der Waals surface area contributed by atoms with Crippen molar-refractivity contribution in [2.24, 2.45) is 0 Å². The van der Waals surface area contributed by atoms with E-state index in [0.717, 1.165) is 23.6 Å². The molecular formula is C20H27N3O3. The van der Waals surface area contributed by atoms with E-state index in [-0.39, 0.29) is 19.1 Å². The van der Waals surface area contributed by atoms with Gasteiger partial charge in [0.05, 0.1) is 6.54 Å². The summed E-state index contributed by atoms with van der Waals surface area (Å²) in [6.07, 6.45) is 4.88. The molecule has 1 atom stereocenters. The van der Waals surface area contributed by atoms with E-state index >= 15 is 0 Å². The number of piperidine rings is 1. The fourth-order valence-electron chi connectivity index (χ4n) is 3.28. The Morgan fingerprint density at radius 2 is 2.12 bits per heavy atom. The van der Waals surface area contributed by atoms with Crippen molar-refractivity contribution >= 4 is 5.91 Å². The van der Waals surface area contributed by atoms with Gasteiger partial charge >= 0.3 is 0 Å². The molecule has 0 bridgehead atoms. The van der Waals surface area contributed by atoms with E-state index < -0.39 is 5.60 Å². The van der Waals surface area contributed by atoms with Crippen molar-refractivity contribution < 1.29 is 14.6 Å². The number of nitrogens with zero attached hydrogens (tertiary/aromatic N) is 3. The Balaban J connectivity index is 1.60. The zero-order valence-electron chi connectivity index (χ0n) is 15.7. The number of amides is 1. The highest BCUT2D eigenvalue weighted by Crippen LogP contribution is 2.24. The lowest BCUT2D eigenvalue weighted by atomic mass is 9.93. The van der Waals surface area contributed by atoms with E-state index in [2.05, 4.69) is 11.9 Å². The van der Waals surface area contributed by atoms with Crippen LogP contribution in [0.4, 0.5) is 0 Å². The first kappa shape index (κ1) is 18.5. The van der Waals surface area contributed by atoms with Gasteiger partial charge in [0.2, 0.25) is 5.91 Å². The first-order valence-corrected chi connectivity index (χ1v) is 9.04. The molecule has 2 aromatic rings. The molecule has 1 unspecified atom stereocenters. The second kappa shape index (κ2) is 7.50. The maximum absolute atomic E-state index is 12.6. The number of rotatable bonds is 5. The normalized spacial score (nSPS) is 20.2. The number of aromatic nitrogens is 2.